The molecule has 0 bridgehead atoms. The lowest BCUT2D eigenvalue weighted by atomic mass is 10.1. The number of hydrogen-bond donors (Lipinski definition) is 1. The number of hydrogen-bond acceptors (Lipinski definition) is 4. The summed E-state index contributed by atoms with van der Waals surface area (Å²) in [6, 6.07) is 6.36. The number of aromatic nitrogens is 3. The summed E-state index contributed by atoms with van der Waals surface area (Å²) in [5, 5.41) is 7.97. The van der Waals surface area contributed by atoms with E-state index in [1.807, 2.05) is 34.0 Å². The van der Waals surface area contributed by atoms with Crippen LogP contribution in [0, 0.1) is 0 Å². The van der Waals surface area contributed by atoms with Crippen molar-refractivity contribution in [2.24, 2.45) is 0 Å². The molecule has 25 heavy (non-hydrogen) atoms. The molecule has 2 fully saturated rings. The molecule has 7 heteroatoms. The van der Waals surface area contributed by atoms with Gasteiger partial charge in [-0.15, -0.1) is 12.4 Å². The van der Waals surface area contributed by atoms with Gasteiger partial charge in [0, 0.05) is 31.7 Å². The minimum Gasteiger partial charge on any atom is -0.330 e. The number of carbonyl (C=O) groups excluding carboxylic acids is 1. The van der Waals surface area contributed by atoms with E-state index in [1.54, 1.807) is 12.4 Å². The maximum absolute atomic E-state index is 12.9. The van der Waals surface area contributed by atoms with Crippen LogP contribution in [-0.4, -0.2) is 45.2 Å². The Labute approximate surface area is 154 Å². The third kappa shape index (κ3) is 3.70. The Kier molecular flexibility index (Phi) is 5.71. The normalized spacial score (nSPS) is 23.3. The Balaban J connectivity index is 0.00000182. The van der Waals surface area contributed by atoms with Gasteiger partial charge >= 0.3 is 0 Å². The molecule has 4 rings (SSSR count). The van der Waals surface area contributed by atoms with Crippen molar-refractivity contribution < 1.29 is 4.79 Å². The molecule has 2 aromatic heterocycles. The van der Waals surface area contributed by atoms with Crippen molar-refractivity contribution in [3.63, 3.8) is 0 Å². The highest BCUT2D eigenvalue weighted by molar-refractivity contribution is 5.92. The summed E-state index contributed by atoms with van der Waals surface area (Å²) in [5.74, 6) is 0.0387. The van der Waals surface area contributed by atoms with Gasteiger partial charge in [0.2, 0.25) is 0 Å². The van der Waals surface area contributed by atoms with Gasteiger partial charge in [-0.2, -0.15) is 5.10 Å². The number of piperidine rings is 1. The molecule has 2 aliphatic rings. The monoisotopic (exact) mass is 361 g/mol. The van der Waals surface area contributed by atoms with Crippen molar-refractivity contribution in [3.8, 4) is 0 Å². The van der Waals surface area contributed by atoms with Crippen LogP contribution in [0.1, 0.15) is 53.8 Å². The van der Waals surface area contributed by atoms with E-state index in [-0.39, 0.29) is 24.4 Å². The number of nitrogens with one attached hydrogen (secondary N) is 1. The number of amides is 1. The molecule has 134 valence electrons. The van der Waals surface area contributed by atoms with Crippen LogP contribution in [0.15, 0.2) is 36.8 Å². The van der Waals surface area contributed by atoms with Gasteiger partial charge in [-0.3, -0.25) is 14.5 Å². The van der Waals surface area contributed by atoms with E-state index in [4.69, 9.17) is 0 Å². The quantitative estimate of drug-likeness (QED) is 0.912. The van der Waals surface area contributed by atoms with Gasteiger partial charge in [0.25, 0.3) is 5.91 Å². The van der Waals surface area contributed by atoms with Gasteiger partial charge in [0.05, 0.1) is 12.1 Å². The first-order valence-electron chi connectivity index (χ1n) is 8.80. The molecule has 1 amide bonds. The first-order chi connectivity index (χ1) is 11.8. The Morgan fingerprint density at radius 1 is 1.16 bits per heavy atom. The molecular weight excluding hydrogens is 338 g/mol. The number of halogens is 1. The highest BCUT2D eigenvalue weighted by Crippen LogP contribution is 2.32. The molecule has 4 heterocycles. The first kappa shape index (κ1) is 17.9. The maximum Gasteiger partial charge on any atom is 0.274 e. The van der Waals surface area contributed by atoms with E-state index in [0.717, 1.165) is 50.9 Å². The molecule has 0 radical (unpaired) electrons. The number of carbonyl (C=O) groups is 1. The topological polar surface area (TPSA) is 63.1 Å². The molecule has 1 N–H and O–H groups in total. The Morgan fingerprint density at radius 3 is 2.76 bits per heavy atom. The second-order valence-electron chi connectivity index (χ2n) is 6.62. The SMILES string of the molecule is Cl.O=C(c1ccn(C2CCCNC2)n1)N1CCCC1c1ccncc1. The third-order valence-electron chi connectivity index (χ3n) is 5.08. The Bertz CT molecular complexity index is 699. The smallest absolute Gasteiger partial charge is 0.274 e. The van der Waals surface area contributed by atoms with E-state index >= 15 is 0 Å². The highest BCUT2D eigenvalue weighted by Gasteiger charge is 2.31. The van der Waals surface area contributed by atoms with E-state index in [9.17, 15) is 4.79 Å². The second-order valence-corrected chi connectivity index (χ2v) is 6.62. The second kappa shape index (κ2) is 7.97. The van der Waals surface area contributed by atoms with Crippen molar-refractivity contribution >= 4 is 18.3 Å². The first-order valence-corrected chi connectivity index (χ1v) is 8.80. The van der Waals surface area contributed by atoms with Gasteiger partial charge < -0.3 is 10.2 Å². The Hall–Kier alpha value is -1.92. The number of pyridine rings is 1. The summed E-state index contributed by atoms with van der Waals surface area (Å²) in [5.41, 5.74) is 1.72. The fourth-order valence-corrected chi connectivity index (χ4v) is 3.80. The zero-order valence-electron chi connectivity index (χ0n) is 14.2. The summed E-state index contributed by atoms with van der Waals surface area (Å²) in [4.78, 5) is 19.0. The fraction of sp³-hybridized carbons (Fsp3) is 0.500. The zero-order valence-corrected chi connectivity index (χ0v) is 15.0. The molecule has 2 aromatic rings. The molecule has 0 spiro atoms. The standard InChI is InChI=1S/C18H23N5O.ClH/c24-18(16-7-12-23(21-16)15-3-1-8-20-13-15)22-11-2-4-17(22)14-5-9-19-10-6-14;/h5-7,9-10,12,15,17,20H,1-4,8,11,13H2;1H. The maximum atomic E-state index is 12.9. The summed E-state index contributed by atoms with van der Waals surface area (Å²) >= 11 is 0. The average Bonchev–Trinajstić information content (AvgIpc) is 3.32. The zero-order chi connectivity index (χ0) is 16.4. The van der Waals surface area contributed by atoms with E-state index < -0.39 is 0 Å². The molecule has 2 unspecified atom stereocenters. The number of likely N-dealkylation sites (tertiary alicyclic amines) is 1. The van der Waals surface area contributed by atoms with E-state index in [2.05, 4.69) is 15.4 Å². The molecule has 2 saturated heterocycles. The van der Waals surface area contributed by atoms with Crippen molar-refractivity contribution in [1.29, 1.82) is 0 Å². The summed E-state index contributed by atoms with van der Waals surface area (Å²) in [6.45, 7) is 2.80. The lowest BCUT2D eigenvalue weighted by Gasteiger charge is -2.25. The molecule has 2 atom stereocenters. The number of nitrogens with zero attached hydrogens (tertiary/aromatic N) is 4. The lowest BCUT2D eigenvalue weighted by Crippen LogP contribution is -2.33. The lowest BCUT2D eigenvalue weighted by molar-refractivity contribution is 0.0728. The molecule has 0 saturated carbocycles. The van der Waals surface area contributed by atoms with Crippen molar-refractivity contribution in [3.05, 3.63) is 48.0 Å². The van der Waals surface area contributed by atoms with Gasteiger partial charge in [-0.1, -0.05) is 0 Å². The van der Waals surface area contributed by atoms with Crippen molar-refractivity contribution in [2.75, 3.05) is 19.6 Å². The van der Waals surface area contributed by atoms with Crippen LogP contribution in [0.5, 0.6) is 0 Å². The molecule has 6 nitrogen and oxygen atoms in total. The highest BCUT2D eigenvalue weighted by atomic mass is 35.5. The van der Waals surface area contributed by atoms with Crippen LogP contribution in [0.25, 0.3) is 0 Å². The minimum absolute atomic E-state index is 0. The van der Waals surface area contributed by atoms with Crippen LogP contribution >= 0.6 is 12.4 Å². The fourth-order valence-electron chi connectivity index (χ4n) is 3.80. The molecular formula is C18H24ClN5O. The van der Waals surface area contributed by atoms with Gasteiger partial charge in [0.15, 0.2) is 0 Å². The summed E-state index contributed by atoms with van der Waals surface area (Å²) in [7, 11) is 0. The predicted octanol–water partition coefficient (Wildman–Crippen LogP) is 2.60. The van der Waals surface area contributed by atoms with Crippen molar-refractivity contribution in [2.45, 2.75) is 37.8 Å². The van der Waals surface area contributed by atoms with Gasteiger partial charge in [0.1, 0.15) is 5.69 Å². The largest absolute Gasteiger partial charge is 0.330 e. The molecule has 0 aromatic carbocycles. The van der Waals surface area contributed by atoms with Gasteiger partial charge in [-0.05, 0) is 56.0 Å². The number of rotatable bonds is 3. The molecule has 2 aliphatic heterocycles. The van der Waals surface area contributed by atoms with Crippen LogP contribution in [0.3, 0.4) is 0 Å². The van der Waals surface area contributed by atoms with Crippen LogP contribution in [0.2, 0.25) is 0 Å². The predicted molar refractivity (Wildman–Crippen MR) is 97.9 cm³/mol. The van der Waals surface area contributed by atoms with Crippen LogP contribution < -0.4 is 5.32 Å². The third-order valence-corrected chi connectivity index (χ3v) is 5.08. The summed E-state index contributed by atoms with van der Waals surface area (Å²) in [6.07, 6.45) is 9.84. The summed E-state index contributed by atoms with van der Waals surface area (Å²) < 4.78 is 1.96. The van der Waals surface area contributed by atoms with Crippen LogP contribution in [0.4, 0.5) is 0 Å². The van der Waals surface area contributed by atoms with Crippen molar-refractivity contribution in [1.82, 2.24) is 25.0 Å². The minimum atomic E-state index is 0. The average molecular weight is 362 g/mol. The van der Waals surface area contributed by atoms with E-state index in [0.29, 0.717) is 11.7 Å². The van der Waals surface area contributed by atoms with Crippen LogP contribution in [-0.2, 0) is 0 Å². The Morgan fingerprint density at radius 2 is 2.00 bits per heavy atom. The van der Waals surface area contributed by atoms with Gasteiger partial charge in [-0.25, -0.2) is 0 Å². The van der Waals surface area contributed by atoms with E-state index in [1.165, 1.54) is 0 Å². The molecule has 0 aliphatic carbocycles.